The lowest BCUT2D eigenvalue weighted by Gasteiger charge is -2.05. The third-order valence-corrected chi connectivity index (χ3v) is 4.94. The van der Waals surface area contributed by atoms with Gasteiger partial charge in [-0.05, 0) is 67.8 Å². The van der Waals surface area contributed by atoms with E-state index in [4.69, 9.17) is 0 Å². The summed E-state index contributed by atoms with van der Waals surface area (Å²) in [5.74, 6) is -0.139. The van der Waals surface area contributed by atoms with Gasteiger partial charge >= 0.3 is 0 Å². The molecule has 4 rings (SSSR count). The highest BCUT2D eigenvalue weighted by Gasteiger charge is 2.09. The molecule has 1 heterocycles. The zero-order valence-corrected chi connectivity index (χ0v) is 16.7. The van der Waals surface area contributed by atoms with E-state index in [1.807, 2.05) is 61.5 Å². The Labute approximate surface area is 170 Å². The Morgan fingerprint density at radius 2 is 1.66 bits per heavy atom. The molecule has 0 unspecified atom stereocenters. The smallest absolute Gasteiger partial charge is 0.255 e. The predicted octanol–water partition coefficient (Wildman–Crippen LogP) is 5.32. The number of benzene rings is 3. The van der Waals surface area contributed by atoms with Crippen LogP contribution >= 0.6 is 0 Å². The molecule has 0 aliphatic heterocycles. The van der Waals surface area contributed by atoms with Crippen molar-refractivity contribution in [2.75, 3.05) is 5.32 Å². The summed E-state index contributed by atoms with van der Waals surface area (Å²) in [5, 5.41) is 12.1. The van der Waals surface area contributed by atoms with E-state index in [1.54, 1.807) is 4.80 Å². The third-order valence-electron chi connectivity index (χ3n) is 4.94. The first-order valence-corrected chi connectivity index (χ1v) is 9.97. The van der Waals surface area contributed by atoms with Crippen LogP contribution in [-0.2, 0) is 6.42 Å². The Kier molecular flexibility index (Phi) is 5.38. The minimum Gasteiger partial charge on any atom is -0.322 e. The molecule has 3 aromatic carbocycles. The molecule has 146 valence electrons. The van der Waals surface area contributed by atoms with Crippen molar-refractivity contribution in [2.45, 2.75) is 33.1 Å². The summed E-state index contributed by atoms with van der Waals surface area (Å²) in [4.78, 5) is 14.1. The maximum atomic E-state index is 12.4. The fourth-order valence-corrected chi connectivity index (χ4v) is 3.19. The lowest BCUT2D eigenvalue weighted by molar-refractivity contribution is 0.102. The number of amides is 1. The quantitative estimate of drug-likeness (QED) is 0.489. The fraction of sp³-hybridized carbons (Fsp3) is 0.208. The van der Waals surface area contributed by atoms with Gasteiger partial charge in [-0.3, -0.25) is 4.79 Å². The molecule has 4 aromatic rings. The van der Waals surface area contributed by atoms with Gasteiger partial charge < -0.3 is 5.32 Å². The van der Waals surface area contributed by atoms with Crippen molar-refractivity contribution in [3.8, 4) is 5.69 Å². The van der Waals surface area contributed by atoms with Crippen molar-refractivity contribution in [3.05, 3.63) is 83.4 Å². The molecule has 0 atom stereocenters. The summed E-state index contributed by atoms with van der Waals surface area (Å²) in [6, 6.07) is 21.4. The van der Waals surface area contributed by atoms with Crippen LogP contribution in [0.3, 0.4) is 0 Å². The Bertz CT molecular complexity index is 1130. The minimum atomic E-state index is -0.139. The van der Waals surface area contributed by atoms with Gasteiger partial charge in [0.2, 0.25) is 0 Å². The molecule has 0 bridgehead atoms. The van der Waals surface area contributed by atoms with Gasteiger partial charge in [-0.25, -0.2) is 0 Å². The molecule has 1 amide bonds. The van der Waals surface area contributed by atoms with Crippen LogP contribution in [0.1, 0.15) is 41.3 Å². The van der Waals surface area contributed by atoms with Gasteiger partial charge in [0.1, 0.15) is 11.0 Å². The molecule has 0 saturated carbocycles. The zero-order chi connectivity index (χ0) is 20.2. The van der Waals surface area contributed by atoms with E-state index in [-0.39, 0.29) is 5.91 Å². The number of carbonyl (C=O) groups is 1. The number of aryl methyl sites for hydroxylation is 2. The van der Waals surface area contributed by atoms with Gasteiger partial charge in [-0.15, -0.1) is 10.2 Å². The molecule has 0 aliphatic carbocycles. The Morgan fingerprint density at radius 1 is 0.931 bits per heavy atom. The molecular weight excluding hydrogens is 360 g/mol. The lowest BCUT2D eigenvalue weighted by atomic mass is 10.1. The van der Waals surface area contributed by atoms with Crippen molar-refractivity contribution in [3.63, 3.8) is 0 Å². The van der Waals surface area contributed by atoms with Crippen LogP contribution in [0.2, 0.25) is 0 Å². The number of anilines is 1. The molecule has 1 N–H and O–H groups in total. The summed E-state index contributed by atoms with van der Waals surface area (Å²) in [7, 11) is 0. The SMILES string of the molecule is CCCCc1ccc(-n2nc3ccc(NC(=O)c4ccc(C)cc4)cc3n2)cc1. The average Bonchev–Trinajstić information content (AvgIpc) is 3.16. The van der Waals surface area contributed by atoms with E-state index in [9.17, 15) is 4.79 Å². The van der Waals surface area contributed by atoms with Crippen LogP contribution in [0, 0.1) is 6.92 Å². The number of rotatable bonds is 6. The van der Waals surface area contributed by atoms with E-state index in [0.29, 0.717) is 11.3 Å². The van der Waals surface area contributed by atoms with E-state index in [2.05, 4.69) is 34.6 Å². The summed E-state index contributed by atoms with van der Waals surface area (Å²) in [6.45, 7) is 4.20. The largest absolute Gasteiger partial charge is 0.322 e. The summed E-state index contributed by atoms with van der Waals surface area (Å²) in [6.07, 6.45) is 3.48. The van der Waals surface area contributed by atoms with Crippen molar-refractivity contribution in [2.24, 2.45) is 0 Å². The molecule has 0 spiro atoms. The monoisotopic (exact) mass is 384 g/mol. The maximum absolute atomic E-state index is 12.4. The van der Waals surface area contributed by atoms with Gasteiger partial charge in [0, 0.05) is 11.3 Å². The number of hydrogen-bond acceptors (Lipinski definition) is 3. The molecular formula is C24H24N4O. The first-order chi connectivity index (χ1) is 14.1. The number of hydrogen-bond donors (Lipinski definition) is 1. The van der Waals surface area contributed by atoms with Gasteiger partial charge in [-0.2, -0.15) is 4.80 Å². The molecule has 29 heavy (non-hydrogen) atoms. The molecule has 1 aromatic heterocycles. The molecule has 5 nitrogen and oxygen atoms in total. The summed E-state index contributed by atoms with van der Waals surface area (Å²) < 4.78 is 0. The first-order valence-electron chi connectivity index (χ1n) is 9.97. The Hall–Kier alpha value is -3.47. The van der Waals surface area contributed by atoms with Gasteiger partial charge in [-0.1, -0.05) is 43.2 Å². The first kappa shape index (κ1) is 18.9. The summed E-state index contributed by atoms with van der Waals surface area (Å²) in [5.41, 5.74) is 6.22. The molecule has 0 fully saturated rings. The highest BCUT2D eigenvalue weighted by molar-refractivity contribution is 6.04. The van der Waals surface area contributed by atoms with Crippen LogP contribution < -0.4 is 5.32 Å². The zero-order valence-electron chi connectivity index (χ0n) is 16.7. The van der Waals surface area contributed by atoms with Crippen LogP contribution in [0.25, 0.3) is 16.7 Å². The third kappa shape index (κ3) is 4.35. The number of aromatic nitrogens is 3. The van der Waals surface area contributed by atoms with E-state index in [0.717, 1.165) is 28.7 Å². The lowest BCUT2D eigenvalue weighted by Crippen LogP contribution is -2.11. The Morgan fingerprint density at radius 3 is 2.38 bits per heavy atom. The van der Waals surface area contributed by atoms with Crippen LogP contribution in [-0.4, -0.2) is 20.9 Å². The molecule has 0 saturated heterocycles. The normalized spacial score (nSPS) is 11.0. The Balaban J connectivity index is 1.53. The van der Waals surface area contributed by atoms with Crippen molar-refractivity contribution in [1.29, 1.82) is 0 Å². The summed E-state index contributed by atoms with van der Waals surface area (Å²) >= 11 is 0. The second-order valence-electron chi connectivity index (χ2n) is 7.28. The van der Waals surface area contributed by atoms with Crippen LogP contribution in [0.4, 0.5) is 5.69 Å². The van der Waals surface area contributed by atoms with Crippen molar-refractivity contribution in [1.82, 2.24) is 15.0 Å². The second-order valence-corrected chi connectivity index (χ2v) is 7.28. The number of fused-ring (bicyclic) bond motifs is 1. The number of nitrogens with zero attached hydrogens (tertiary/aromatic N) is 3. The highest BCUT2D eigenvalue weighted by Crippen LogP contribution is 2.19. The van der Waals surface area contributed by atoms with Crippen LogP contribution in [0.5, 0.6) is 0 Å². The maximum Gasteiger partial charge on any atom is 0.255 e. The minimum absolute atomic E-state index is 0.139. The highest BCUT2D eigenvalue weighted by atomic mass is 16.1. The average molecular weight is 384 g/mol. The number of carbonyl (C=O) groups excluding carboxylic acids is 1. The molecule has 5 heteroatoms. The molecule has 0 aliphatic rings. The topological polar surface area (TPSA) is 59.8 Å². The van der Waals surface area contributed by atoms with Gasteiger partial charge in [0.25, 0.3) is 5.91 Å². The van der Waals surface area contributed by atoms with Gasteiger partial charge in [0.15, 0.2) is 0 Å². The van der Waals surface area contributed by atoms with E-state index in [1.165, 1.54) is 18.4 Å². The fourth-order valence-electron chi connectivity index (χ4n) is 3.19. The standard InChI is InChI=1S/C24H24N4O/c1-3-4-5-18-8-13-21(14-9-18)28-26-22-15-12-20(16-23(22)27-28)25-24(29)19-10-6-17(2)7-11-19/h6-16H,3-5H2,1-2H3,(H,25,29). The number of nitrogens with one attached hydrogen (secondary N) is 1. The van der Waals surface area contributed by atoms with Crippen LogP contribution in [0.15, 0.2) is 66.7 Å². The number of unbranched alkanes of at least 4 members (excludes halogenated alkanes) is 1. The van der Waals surface area contributed by atoms with Gasteiger partial charge in [0.05, 0.1) is 5.69 Å². The predicted molar refractivity (Wildman–Crippen MR) is 117 cm³/mol. The van der Waals surface area contributed by atoms with E-state index < -0.39 is 0 Å². The van der Waals surface area contributed by atoms with E-state index >= 15 is 0 Å². The van der Waals surface area contributed by atoms with Crippen molar-refractivity contribution < 1.29 is 4.79 Å². The molecule has 0 radical (unpaired) electrons. The second kappa shape index (κ2) is 8.27. The van der Waals surface area contributed by atoms with Crippen molar-refractivity contribution >= 4 is 22.6 Å².